The van der Waals surface area contributed by atoms with Crippen LogP contribution in [0.25, 0.3) is 5.69 Å². The van der Waals surface area contributed by atoms with Crippen LogP contribution in [0.5, 0.6) is 0 Å². The first-order valence-electron chi connectivity index (χ1n) is 9.11. The summed E-state index contributed by atoms with van der Waals surface area (Å²) in [6.07, 6.45) is 3.51. The number of nitrogens with one attached hydrogen (secondary N) is 1. The molecule has 4 rings (SSSR count). The van der Waals surface area contributed by atoms with Crippen LogP contribution >= 0.6 is 0 Å². The Morgan fingerprint density at radius 2 is 1.89 bits per heavy atom. The zero-order valence-electron chi connectivity index (χ0n) is 16.2. The van der Waals surface area contributed by atoms with E-state index in [1.165, 1.54) is 14.2 Å². The van der Waals surface area contributed by atoms with Crippen molar-refractivity contribution in [1.82, 2.24) is 20.0 Å². The maximum absolute atomic E-state index is 12.9. The highest BCUT2D eigenvalue weighted by atomic mass is 16.5. The van der Waals surface area contributed by atoms with Gasteiger partial charge in [-0.2, -0.15) is 5.10 Å². The van der Waals surface area contributed by atoms with E-state index in [2.05, 4.69) is 10.4 Å². The SMILES string of the molecule is COC(=O)[C@H]1N[C@@H](c2c(C)cc(C)cc2-n2cccn2)[C@H]2C(=O)N(C)C(=O)[C@H]21. The molecule has 2 amide bonds. The first-order chi connectivity index (χ1) is 13.3. The predicted octanol–water partition coefficient (Wildman–Crippen LogP) is 0.906. The van der Waals surface area contributed by atoms with Gasteiger partial charge in [0.2, 0.25) is 11.8 Å². The monoisotopic (exact) mass is 382 g/mol. The molecular weight excluding hydrogens is 360 g/mol. The molecule has 3 heterocycles. The Hall–Kier alpha value is -3.00. The number of likely N-dealkylation sites (tertiary alicyclic amines) is 1. The summed E-state index contributed by atoms with van der Waals surface area (Å²) in [6.45, 7) is 3.95. The van der Waals surface area contributed by atoms with E-state index in [1.54, 1.807) is 10.9 Å². The second-order valence-corrected chi connectivity index (χ2v) is 7.40. The minimum absolute atomic E-state index is 0.287. The predicted molar refractivity (Wildman–Crippen MR) is 99.5 cm³/mol. The van der Waals surface area contributed by atoms with Crippen LogP contribution in [-0.2, 0) is 19.1 Å². The Kier molecular flexibility index (Phi) is 4.30. The maximum atomic E-state index is 12.9. The van der Waals surface area contributed by atoms with E-state index in [0.29, 0.717) is 0 Å². The molecule has 1 aromatic carbocycles. The number of rotatable bonds is 3. The summed E-state index contributed by atoms with van der Waals surface area (Å²) in [6, 6.07) is 4.46. The summed E-state index contributed by atoms with van der Waals surface area (Å²) in [4.78, 5) is 39.1. The zero-order valence-corrected chi connectivity index (χ0v) is 16.2. The van der Waals surface area contributed by atoms with Crippen molar-refractivity contribution in [3.63, 3.8) is 0 Å². The summed E-state index contributed by atoms with van der Waals surface area (Å²) >= 11 is 0. The number of aryl methyl sites for hydroxylation is 2. The second kappa shape index (κ2) is 6.56. The van der Waals surface area contributed by atoms with E-state index in [-0.39, 0.29) is 11.8 Å². The van der Waals surface area contributed by atoms with Gasteiger partial charge < -0.3 is 4.74 Å². The number of hydrogen-bond donors (Lipinski definition) is 1. The third-order valence-electron chi connectivity index (χ3n) is 5.72. The number of imide groups is 1. The first kappa shape index (κ1) is 18.4. The molecule has 28 heavy (non-hydrogen) atoms. The lowest BCUT2D eigenvalue weighted by Crippen LogP contribution is -2.42. The Labute approximate surface area is 162 Å². The molecule has 2 aromatic rings. The summed E-state index contributed by atoms with van der Waals surface area (Å²) in [7, 11) is 2.74. The molecule has 4 atom stereocenters. The fourth-order valence-electron chi connectivity index (χ4n) is 4.53. The quantitative estimate of drug-likeness (QED) is 0.626. The van der Waals surface area contributed by atoms with Gasteiger partial charge in [0.05, 0.1) is 24.6 Å². The van der Waals surface area contributed by atoms with Gasteiger partial charge in [0, 0.05) is 25.5 Å². The van der Waals surface area contributed by atoms with Crippen molar-refractivity contribution in [1.29, 1.82) is 0 Å². The van der Waals surface area contributed by atoms with Gasteiger partial charge in [-0.05, 0) is 42.7 Å². The number of fused-ring (bicyclic) bond motifs is 1. The van der Waals surface area contributed by atoms with Gasteiger partial charge in [0.25, 0.3) is 0 Å². The van der Waals surface area contributed by atoms with E-state index in [1.807, 2.05) is 38.2 Å². The molecular formula is C20H22N4O4. The molecule has 0 spiro atoms. The molecule has 146 valence electrons. The fourth-order valence-corrected chi connectivity index (χ4v) is 4.53. The lowest BCUT2D eigenvalue weighted by Gasteiger charge is -2.24. The average Bonchev–Trinajstić information content (AvgIpc) is 3.36. The Morgan fingerprint density at radius 3 is 2.54 bits per heavy atom. The van der Waals surface area contributed by atoms with Crippen LogP contribution in [0.1, 0.15) is 22.7 Å². The highest BCUT2D eigenvalue weighted by Crippen LogP contribution is 2.46. The van der Waals surface area contributed by atoms with Gasteiger partial charge in [0.15, 0.2) is 0 Å². The average molecular weight is 382 g/mol. The number of esters is 1. The minimum atomic E-state index is -0.868. The van der Waals surface area contributed by atoms with E-state index < -0.39 is 29.9 Å². The molecule has 2 fully saturated rings. The fraction of sp³-hybridized carbons (Fsp3) is 0.400. The minimum Gasteiger partial charge on any atom is -0.468 e. The molecule has 2 aliphatic heterocycles. The Morgan fingerprint density at radius 1 is 1.18 bits per heavy atom. The normalized spacial score (nSPS) is 26.6. The van der Waals surface area contributed by atoms with Crippen LogP contribution in [0.4, 0.5) is 0 Å². The summed E-state index contributed by atoms with van der Waals surface area (Å²) < 4.78 is 6.63. The lowest BCUT2D eigenvalue weighted by atomic mass is 9.84. The van der Waals surface area contributed by atoms with Crippen molar-refractivity contribution in [3.8, 4) is 5.69 Å². The molecule has 0 bridgehead atoms. The number of hydrogen-bond acceptors (Lipinski definition) is 6. The lowest BCUT2D eigenvalue weighted by molar-refractivity contribution is -0.147. The summed E-state index contributed by atoms with van der Waals surface area (Å²) in [5, 5.41) is 7.56. The third-order valence-corrected chi connectivity index (χ3v) is 5.72. The number of carbonyl (C=O) groups is 3. The highest BCUT2D eigenvalue weighted by molar-refractivity contribution is 6.08. The van der Waals surface area contributed by atoms with Gasteiger partial charge in [0.1, 0.15) is 6.04 Å². The van der Waals surface area contributed by atoms with Gasteiger partial charge >= 0.3 is 5.97 Å². The number of aromatic nitrogens is 2. The van der Waals surface area contributed by atoms with Crippen molar-refractivity contribution in [2.24, 2.45) is 11.8 Å². The van der Waals surface area contributed by atoms with Crippen molar-refractivity contribution in [2.45, 2.75) is 25.9 Å². The number of carbonyl (C=O) groups excluding carboxylic acids is 3. The largest absolute Gasteiger partial charge is 0.468 e. The smallest absolute Gasteiger partial charge is 0.323 e. The summed E-state index contributed by atoms with van der Waals surface area (Å²) in [5.41, 5.74) is 3.69. The molecule has 2 aliphatic rings. The number of nitrogens with zero attached hydrogens (tertiary/aromatic N) is 3. The van der Waals surface area contributed by atoms with Crippen LogP contribution in [0.3, 0.4) is 0 Å². The van der Waals surface area contributed by atoms with Crippen LogP contribution in [0.15, 0.2) is 30.6 Å². The van der Waals surface area contributed by atoms with E-state index in [4.69, 9.17) is 4.74 Å². The van der Waals surface area contributed by atoms with Gasteiger partial charge in [-0.15, -0.1) is 0 Å². The third kappa shape index (κ3) is 2.56. The molecule has 1 N–H and O–H groups in total. The van der Waals surface area contributed by atoms with Crippen molar-refractivity contribution in [2.75, 3.05) is 14.2 Å². The molecule has 0 saturated carbocycles. The first-order valence-corrected chi connectivity index (χ1v) is 9.11. The number of benzene rings is 1. The molecule has 0 unspecified atom stereocenters. The Balaban J connectivity index is 1.89. The maximum Gasteiger partial charge on any atom is 0.323 e. The number of ether oxygens (including phenoxy) is 1. The Bertz CT molecular complexity index is 969. The molecule has 8 heteroatoms. The van der Waals surface area contributed by atoms with Crippen LogP contribution < -0.4 is 5.32 Å². The molecule has 0 aliphatic carbocycles. The van der Waals surface area contributed by atoms with Crippen LogP contribution in [0.2, 0.25) is 0 Å². The zero-order chi connectivity index (χ0) is 20.2. The second-order valence-electron chi connectivity index (χ2n) is 7.40. The van der Waals surface area contributed by atoms with E-state index in [9.17, 15) is 14.4 Å². The van der Waals surface area contributed by atoms with Crippen molar-refractivity contribution >= 4 is 17.8 Å². The van der Waals surface area contributed by atoms with E-state index in [0.717, 1.165) is 27.3 Å². The number of amides is 2. The standard InChI is InChI=1S/C20H22N4O4/c1-10-8-11(2)13(12(9-10)24-7-5-6-21-24)16-14-15(17(22-16)20(27)28-4)19(26)23(3)18(14)25/h5-9,14-17,22H,1-4H3/t14-,15+,16-,17-/m0/s1. The van der Waals surface area contributed by atoms with Crippen LogP contribution in [0, 0.1) is 25.7 Å². The summed E-state index contributed by atoms with van der Waals surface area (Å²) in [5.74, 6) is -2.63. The van der Waals surface area contributed by atoms with Crippen molar-refractivity contribution in [3.05, 3.63) is 47.3 Å². The van der Waals surface area contributed by atoms with Gasteiger partial charge in [-0.3, -0.25) is 24.6 Å². The van der Waals surface area contributed by atoms with Gasteiger partial charge in [-0.25, -0.2) is 4.68 Å². The van der Waals surface area contributed by atoms with E-state index >= 15 is 0 Å². The molecule has 8 nitrogen and oxygen atoms in total. The molecule has 2 saturated heterocycles. The molecule has 0 radical (unpaired) electrons. The van der Waals surface area contributed by atoms with Crippen molar-refractivity contribution < 1.29 is 19.1 Å². The topological polar surface area (TPSA) is 93.5 Å². The highest BCUT2D eigenvalue weighted by Gasteiger charge is 2.60. The van der Waals surface area contributed by atoms with Gasteiger partial charge in [-0.1, -0.05) is 6.07 Å². The number of methoxy groups -OCH3 is 1. The molecule has 1 aromatic heterocycles. The van der Waals surface area contributed by atoms with Crippen LogP contribution in [-0.4, -0.2) is 52.7 Å².